The van der Waals surface area contributed by atoms with Crippen molar-refractivity contribution >= 4 is 17.5 Å². The second-order valence-corrected chi connectivity index (χ2v) is 4.47. The predicted octanol–water partition coefficient (Wildman–Crippen LogP) is 2.84. The molecule has 3 aromatic rings. The first kappa shape index (κ1) is 12.5. The van der Waals surface area contributed by atoms with Crippen LogP contribution in [-0.2, 0) is 0 Å². The minimum Gasteiger partial charge on any atom is -0.366 e. The Kier molecular flexibility index (Phi) is 3.26. The van der Waals surface area contributed by atoms with E-state index in [9.17, 15) is 0 Å². The van der Waals surface area contributed by atoms with E-state index in [-0.39, 0.29) is 5.95 Å². The van der Waals surface area contributed by atoms with E-state index in [1.54, 1.807) is 18.2 Å². The highest BCUT2D eigenvalue weighted by molar-refractivity contribution is 6.29. The zero-order chi connectivity index (χ0) is 13.9. The maximum atomic E-state index is 5.92. The van der Waals surface area contributed by atoms with Crippen molar-refractivity contribution in [2.75, 3.05) is 5.73 Å². The van der Waals surface area contributed by atoms with Crippen LogP contribution in [-0.4, -0.2) is 20.2 Å². The number of nitrogen functional groups attached to an aromatic ring is 1. The summed E-state index contributed by atoms with van der Waals surface area (Å²) in [5.74, 6) is 0.120. The average Bonchev–Trinajstić information content (AvgIpc) is 2.48. The van der Waals surface area contributed by atoms with Crippen LogP contribution in [0.25, 0.3) is 22.6 Å². The van der Waals surface area contributed by atoms with Crippen molar-refractivity contribution < 1.29 is 0 Å². The summed E-state index contributed by atoms with van der Waals surface area (Å²) in [7, 11) is 0. The number of benzene rings is 1. The quantitative estimate of drug-likeness (QED) is 0.732. The number of aromatic nitrogens is 4. The third kappa shape index (κ3) is 2.44. The summed E-state index contributed by atoms with van der Waals surface area (Å²) in [6.07, 6.45) is 0. The number of anilines is 1. The molecule has 0 unspecified atom stereocenters. The molecule has 2 aromatic heterocycles. The monoisotopic (exact) mass is 283 g/mol. The van der Waals surface area contributed by atoms with Gasteiger partial charge in [0.05, 0.1) is 5.69 Å². The van der Waals surface area contributed by atoms with Crippen LogP contribution in [0.2, 0.25) is 5.15 Å². The van der Waals surface area contributed by atoms with Crippen molar-refractivity contribution in [2.24, 2.45) is 0 Å². The molecule has 2 N–H and O–H groups in total. The molecule has 0 saturated heterocycles. The van der Waals surface area contributed by atoms with Crippen molar-refractivity contribution in [1.29, 1.82) is 0 Å². The first-order valence-corrected chi connectivity index (χ1v) is 6.30. The van der Waals surface area contributed by atoms with E-state index in [0.29, 0.717) is 22.2 Å². The molecular formula is C14H10ClN5. The Bertz CT molecular complexity index is 746. The number of nitrogens with zero attached hydrogens (tertiary/aromatic N) is 4. The lowest BCUT2D eigenvalue weighted by molar-refractivity contribution is 0.990. The molecule has 0 aliphatic carbocycles. The molecule has 6 heteroatoms. The van der Waals surface area contributed by atoms with Crippen LogP contribution in [0.1, 0.15) is 0 Å². The molecule has 0 spiro atoms. The molecule has 98 valence electrons. The van der Waals surface area contributed by atoms with Gasteiger partial charge in [-0.3, -0.25) is 0 Å². The summed E-state index contributed by atoms with van der Waals surface area (Å²) in [6, 6.07) is 14.9. The number of hydrogen-bond donors (Lipinski definition) is 1. The Hall–Kier alpha value is -2.53. The highest BCUT2D eigenvalue weighted by Gasteiger charge is 2.13. The normalized spacial score (nSPS) is 10.4. The lowest BCUT2D eigenvalue weighted by Crippen LogP contribution is -2.03. The van der Waals surface area contributed by atoms with Gasteiger partial charge in [0.25, 0.3) is 0 Å². The minimum absolute atomic E-state index is 0.120. The fraction of sp³-hybridized carbons (Fsp3) is 0. The predicted molar refractivity (Wildman–Crippen MR) is 77.9 cm³/mol. The topological polar surface area (TPSA) is 77.6 Å². The highest BCUT2D eigenvalue weighted by atomic mass is 35.5. The first-order chi connectivity index (χ1) is 9.74. The van der Waals surface area contributed by atoms with Gasteiger partial charge >= 0.3 is 0 Å². The molecule has 0 aliphatic rings. The van der Waals surface area contributed by atoms with Crippen LogP contribution in [0.4, 0.5) is 5.95 Å². The van der Waals surface area contributed by atoms with Gasteiger partial charge in [-0.15, -0.1) is 10.2 Å². The SMILES string of the molecule is Nc1nnc(-c2cccc(Cl)n2)c(-c2ccccc2)n1. The van der Waals surface area contributed by atoms with E-state index in [1.165, 1.54) is 0 Å². The molecule has 0 fully saturated rings. The van der Waals surface area contributed by atoms with Crippen molar-refractivity contribution in [1.82, 2.24) is 20.2 Å². The molecule has 20 heavy (non-hydrogen) atoms. The van der Waals surface area contributed by atoms with E-state index in [2.05, 4.69) is 20.2 Å². The summed E-state index contributed by atoms with van der Waals surface area (Å²) in [5, 5.41) is 8.30. The van der Waals surface area contributed by atoms with Gasteiger partial charge in [-0.05, 0) is 12.1 Å². The van der Waals surface area contributed by atoms with E-state index < -0.39 is 0 Å². The minimum atomic E-state index is 0.120. The van der Waals surface area contributed by atoms with Crippen molar-refractivity contribution in [3.8, 4) is 22.6 Å². The lowest BCUT2D eigenvalue weighted by atomic mass is 10.1. The molecule has 0 atom stereocenters. The largest absolute Gasteiger partial charge is 0.366 e. The zero-order valence-electron chi connectivity index (χ0n) is 10.4. The van der Waals surface area contributed by atoms with E-state index in [1.807, 2.05) is 30.3 Å². The van der Waals surface area contributed by atoms with E-state index >= 15 is 0 Å². The number of halogens is 1. The van der Waals surface area contributed by atoms with Crippen LogP contribution in [0.15, 0.2) is 48.5 Å². The molecule has 0 bridgehead atoms. The smallest absolute Gasteiger partial charge is 0.240 e. The summed E-state index contributed by atoms with van der Waals surface area (Å²) >= 11 is 5.92. The Morgan fingerprint density at radius 3 is 2.35 bits per heavy atom. The second kappa shape index (κ2) is 5.22. The van der Waals surface area contributed by atoms with Gasteiger partial charge < -0.3 is 5.73 Å². The Morgan fingerprint density at radius 2 is 1.60 bits per heavy atom. The van der Waals surface area contributed by atoms with Gasteiger partial charge in [0.1, 0.15) is 16.5 Å². The Labute approximate surface area is 120 Å². The number of pyridine rings is 1. The van der Waals surface area contributed by atoms with Gasteiger partial charge in [-0.25, -0.2) is 9.97 Å². The molecule has 0 amide bonds. The molecule has 0 saturated carbocycles. The summed E-state index contributed by atoms with van der Waals surface area (Å²) in [6.45, 7) is 0. The van der Waals surface area contributed by atoms with Crippen molar-refractivity contribution in [3.05, 3.63) is 53.7 Å². The van der Waals surface area contributed by atoms with E-state index in [4.69, 9.17) is 17.3 Å². The van der Waals surface area contributed by atoms with E-state index in [0.717, 1.165) is 5.56 Å². The van der Waals surface area contributed by atoms with Gasteiger partial charge in [0, 0.05) is 5.56 Å². The van der Waals surface area contributed by atoms with Crippen LogP contribution in [0, 0.1) is 0 Å². The molecule has 0 aliphatic heterocycles. The summed E-state index contributed by atoms with van der Waals surface area (Å²) in [4.78, 5) is 8.51. The molecule has 2 heterocycles. The third-order valence-electron chi connectivity index (χ3n) is 2.71. The van der Waals surface area contributed by atoms with Gasteiger partial charge in [0.15, 0.2) is 0 Å². The van der Waals surface area contributed by atoms with Crippen LogP contribution in [0.5, 0.6) is 0 Å². The zero-order valence-corrected chi connectivity index (χ0v) is 11.1. The van der Waals surface area contributed by atoms with Crippen LogP contribution in [0.3, 0.4) is 0 Å². The fourth-order valence-corrected chi connectivity index (χ4v) is 2.01. The second-order valence-electron chi connectivity index (χ2n) is 4.08. The number of rotatable bonds is 2. The van der Waals surface area contributed by atoms with Gasteiger partial charge in [-0.2, -0.15) is 0 Å². The molecular weight excluding hydrogens is 274 g/mol. The van der Waals surface area contributed by atoms with Crippen molar-refractivity contribution in [2.45, 2.75) is 0 Å². The van der Waals surface area contributed by atoms with Crippen molar-refractivity contribution in [3.63, 3.8) is 0 Å². The summed E-state index contributed by atoms with van der Waals surface area (Å²) < 4.78 is 0. The average molecular weight is 284 g/mol. The Morgan fingerprint density at radius 1 is 0.800 bits per heavy atom. The Balaban J connectivity index is 2.22. The third-order valence-corrected chi connectivity index (χ3v) is 2.92. The van der Waals surface area contributed by atoms with Gasteiger partial charge in [-0.1, -0.05) is 48.0 Å². The highest BCUT2D eigenvalue weighted by Crippen LogP contribution is 2.27. The molecule has 3 rings (SSSR count). The summed E-state index contributed by atoms with van der Waals surface area (Å²) in [5.41, 5.74) is 8.32. The fourth-order valence-electron chi connectivity index (χ4n) is 1.85. The maximum Gasteiger partial charge on any atom is 0.240 e. The standard InChI is InChI=1S/C14H10ClN5/c15-11-8-4-7-10(17-11)13-12(18-14(16)20-19-13)9-5-2-1-3-6-9/h1-8H,(H2,16,18,20). The van der Waals surface area contributed by atoms with Crippen LogP contribution < -0.4 is 5.73 Å². The first-order valence-electron chi connectivity index (χ1n) is 5.92. The maximum absolute atomic E-state index is 5.92. The lowest BCUT2D eigenvalue weighted by Gasteiger charge is -2.07. The number of hydrogen-bond acceptors (Lipinski definition) is 5. The number of nitrogens with two attached hydrogens (primary N) is 1. The van der Waals surface area contributed by atoms with Gasteiger partial charge in [0.2, 0.25) is 5.95 Å². The molecule has 1 aromatic carbocycles. The molecule has 5 nitrogen and oxygen atoms in total. The van der Waals surface area contributed by atoms with Crippen LogP contribution >= 0.6 is 11.6 Å². The molecule has 0 radical (unpaired) electrons.